The standard InChI is InChI=1S/C39H54N6O8/c1-23(2)20-29(35(48)42-30(22-25-10-6-5-7-11-25)37(50)45-19-9-13-32(45)39(52)53)41-36(49)31-12-8-18-44(31)38(51)33(24(3)4)43-34(47)28(40)21-26-14-16-27(46)17-15-26/h5-7,10-11,14-17,23-24,28-33,46H,8-9,12-13,18-22,40H2,1-4H3,(H,41,49)(H,42,48)(H,43,47)(H,52,53)/t28-,29-,30-,31-,32-,33-/m0/s1. The minimum Gasteiger partial charge on any atom is -0.508 e. The average molecular weight is 735 g/mol. The van der Waals surface area contributed by atoms with E-state index < -0.39 is 71.8 Å². The van der Waals surface area contributed by atoms with Gasteiger partial charge in [-0.2, -0.15) is 0 Å². The number of benzene rings is 2. The first kappa shape index (κ1) is 40.8. The van der Waals surface area contributed by atoms with Gasteiger partial charge in [0.05, 0.1) is 6.04 Å². The number of carboxylic acid groups (broad SMARTS) is 1. The molecular formula is C39H54N6O8. The third-order valence-electron chi connectivity index (χ3n) is 9.86. The van der Waals surface area contributed by atoms with Gasteiger partial charge in [-0.15, -0.1) is 0 Å². The van der Waals surface area contributed by atoms with Gasteiger partial charge < -0.3 is 41.7 Å². The summed E-state index contributed by atoms with van der Waals surface area (Å²) >= 11 is 0. The third kappa shape index (κ3) is 11.0. The summed E-state index contributed by atoms with van der Waals surface area (Å²) < 4.78 is 0. The second kappa shape index (κ2) is 18.7. The van der Waals surface area contributed by atoms with Gasteiger partial charge in [-0.25, -0.2) is 4.79 Å². The lowest BCUT2D eigenvalue weighted by Gasteiger charge is -2.32. The Morgan fingerprint density at radius 3 is 1.91 bits per heavy atom. The molecule has 14 nitrogen and oxygen atoms in total. The molecule has 2 saturated heterocycles. The Morgan fingerprint density at radius 1 is 0.736 bits per heavy atom. The molecule has 2 fully saturated rings. The van der Waals surface area contributed by atoms with E-state index in [0.717, 1.165) is 11.1 Å². The number of likely N-dealkylation sites (tertiary alicyclic amines) is 2. The molecule has 5 amide bonds. The summed E-state index contributed by atoms with van der Waals surface area (Å²) in [5.41, 5.74) is 7.70. The first-order chi connectivity index (χ1) is 25.2. The molecule has 53 heavy (non-hydrogen) atoms. The molecule has 2 aliphatic rings. The second-order valence-electron chi connectivity index (χ2n) is 14.9. The summed E-state index contributed by atoms with van der Waals surface area (Å²) in [5.74, 6) is -3.93. The summed E-state index contributed by atoms with van der Waals surface area (Å²) in [5, 5.41) is 27.8. The molecule has 0 saturated carbocycles. The number of hydrogen-bond donors (Lipinski definition) is 6. The molecule has 288 valence electrons. The minimum absolute atomic E-state index is 0.0306. The van der Waals surface area contributed by atoms with E-state index in [1.54, 1.807) is 26.0 Å². The number of nitrogens with one attached hydrogen (secondary N) is 3. The molecular weight excluding hydrogens is 680 g/mol. The van der Waals surface area contributed by atoms with E-state index in [-0.39, 0.29) is 49.9 Å². The molecule has 0 radical (unpaired) electrons. The summed E-state index contributed by atoms with van der Waals surface area (Å²) in [4.78, 5) is 83.4. The molecule has 0 unspecified atom stereocenters. The molecule has 6 atom stereocenters. The zero-order chi connectivity index (χ0) is 38.8. The van der Waals surface area contributed by atoms with Crippen LogP contribution in [0.4, 0.5) is 0 Å². The van der Waals surface area contributed by atoms with Crippen LogP contribution in [0, 0.1) is 11.8 Å². The third-order valence-corrected chi connectivity index (χ3v) is 9.86. The van der Waals surface area contributed by atoms with Gasteiger partial charge in [0, 0.05) is 19.5 Å². The van der Waals surface area contributed by atoms with Crippen molar-refractivity contribution in [2.24, 2.45) is 17.6 Å². The zero-order valence-corrected chi connectivity index (χ0v) is 31.0. The fourth-order valence-electron chi connectivity index (χ4n) is 7.01. The fourth-order valence-corrected chi connectivity index (χ4v) is 7.01. The summed E-state index contributed by atoms with van der Waals surface area (Å²) in [6.07, 6.45) is 2.31. The van der Waals surface area contributed by atoms with Gasteiger partial charge in [-0.3, -0.25) is 24.0 Å². The number of carbonyl (C=O) groups is 6. The highest BCUT2D eigenvalue weighted by Crippen LogP contribution is 2.23. The van der Waals surface area contributed by atoms with Gasteiger partial charge >= 0.3 is 5.97 Å². The molecule has 0 bridgehead atoms. The maximum Gasteiger partial charge on any atom is 0.326 e. The maximum atomic E-state index is 13.9. The van der Waals surface area contributed by atoms with E-state index in [2.05, 4.69) is 16.0 Å². The number of carbonyl (C=O) groups excluding carboxylic acids is 5. The molecule has 0 aliphatic carbocycles. The van der Waals surface area contributed by atoms with E-state index in [0.29, 0.717) is 25.7 Å². The van der Waals surface area contributed by atoms with Crippen LogP contribution in [0.25, 0.3) is 0 Å². The number of carboxylic acids is 1. The van der Waals surface area contributed by atoms with Crippen molar-refractivity contribution in [1.82, 2.24) is 25.8 Å². The predicted molar refractivity (Wildman–Crippen MR) is 197 cm³/mol. The number of amides is 5. The van der Waals surface area contributed by atoms with Crippen LogP contribution in [-0.4, -0.2) is 105 Å². The topological polar surface area (TPSA) is 211 Å². The van der Waals surface area contributed by atoms with Crippen LogP contribution in [0.15, 0.2) is 54.6 Å². The Hall–Kier alpha value is -4.98. The van der Waals surface area contributed by atoms with Gasteiger partial charge in [-0.1, -0.05) is 70.2 Å². The molecule has 2 aromatic carbocycles. The van der Waals surface area contributed by atoms with Crippen molar-refractivity contribution >= 4 is 35.5 Å². The van der Waals surface area contributed by atoms with E-state index in [4.69, 9.17) is 5.73 Å². The highest BCUT2D eigenvalue weighted by atomic mass is 16.4. The van der Waals surface area contributed by atoms with Crippen molar-refractivity contribution in [3.05, 3.63) is 65.7 Å². The molecule has 0 aromatic heterocycles. The number of nitrogens with zero attached hydrogens (tertiary/aromatic N) is 2. The van der Waals surface area contributed by atoms with Crippen LogP contribution in [0.1, 0.15) is 70.9 Å². The number of hydrogen-bond acceptors (Lipinski definition) is 8. The normalized spacial score (nSPS) is 19.4. The molecule has 7 N–H and O–H groups in total. The van der Waals surface area contributed by atoms with E-state index in [1.165, 1.54) is 21.9 Å². The monoisotopic (exact) mass is 734 g/mol. The van der Waals surface area contributed by atoms with Crippen LogP contribution < -0.4 is 21.7 Å². The number of aromatic hydroxyl groups is 1. The van der Waals surface area contributed by atoms with Crippen molar-refractivity contribution < 1.29 is 39.0 Å². The number of nitrogens with two attached hydrogens (primary N) is 1. The van der Waals surface area contributed by atoms with Gasteiger partial charge in [-0.05, 0) is 73.6 Å². The van der Waals surface area contributed by atoms with Crippen molar-refractivity contribution in [2.75, 3.05) is 13.1 Å². The Balaban J connectivity index is 1.47. The molecule has 2 aromatic rings. The van der Waals surface area contributed by atoms with Crippen molar-refractivity contribution in [2.45, 2.75) is 109 Å². The fraction of sp³-hybridized carbons (Fsp3) is 0.538. The molecule has 4 rings (SSSR count). The first-order valence-corrected chi connectivity index (χ1v) is 18.5. The van der Waals surface area contributed by atoms with Gasteiger partial charge in [0.25, 0.3) is 0 Å². The Kier molecular flexibility index (Phi) is 14.4. The van der Waals surface area contributed by atoms with Crippen molar-refractivity contribution in [3.63, 3.8) is 0 Å². The first-order valence-electron chi connectivity index (χ1n) is 18.5. The number of phenols is 1. The lowest BCUT2D eigenvalue weighted by atomic mass is 9.99. The quantitative estimate of drug-likeness (QED) is 0.148. The van der Waals surface area contributed by atoms with E-state index >= 15 is 0 Å². The average Bonchev–Trinajstić information content (AvgIpc) is 3.82. The summed E-state index contributed by atoms with van der Waals surface area (Å²) in [7, 11) is 0. The van der Waals surface area contributed by atoms with Crippen molar-refractivity contribution in [1.29, 1.82) is 0 Å². The zero-order valence-electron chi connectivity index (χ0n) is 31.0. The highest BCUT2D eigenvalue weighted by Gasteiger charge is 2.41. The van der Waals surface area contributed by atoms with Gasteiger partial charge in [0.1, 0.15) is 36.0 Å². The van der Waals surface area contributed by atoms with Crippen LogP contribution in [0.2, 0.25) is 0 Å². The highest BCUT2D eigenvalue weighted by molar-refractivity contribution is 5.97. The summed E-state index contributed by atoms with van der Waals surface area (Å²) in [6, 6.07) is 9.52. The largest absolute Gasteiger partial charge is 0.508 e. The molecule has 2 aliphatic heterocycles. The smallest absolute Gasteiger partial charge is 0.326 e. The SMILES string of the molecule is CC(C)C[C@H](NC(=O)[C@@H]1CCCN1C(=O)[C@@H](NC(=O)[C@@H](N)Cc1ccc(O)cc1)C(C)C)C(=O)N[C@@H](Cc1ccccc1)C(=O)N1CCC[C@H]1C(=O)O. The summed E-state index contributed by atoms with van der Waals surface area (Å²) in [6.45, 7) is 7.91. The minimum atomic E-state index is -1.10. The lowest BCUT2D eigenvalue weighted by molar-refractivity contribution is -0.149. The lowest BCUT2D eigenvalue weighted by Crippen LogP contribution is -2.60. The molecule has 0 spiro atoms. The predicted octanol–water partition coefficient (Wildman–Crippen LogP) is 1.73. The number of rotatable bonds is 16. The Bertz CT molecular complexity index is 1600. The van der Waals surface area contributed by atoms with Crippen LogP contribution >= 0.6 is 0 Å². The van der Waals surface area contributed by atoms with E-state index in [9.17, 15) is 39.0 Å². The molecule has 14 heteroatoms. The van der Waals surface area contributed by atoms with Crippen LogP contribution in [-0.2, 0) is 41.6 Å². The van der Waals surface area contributed by atoms with Gasteiger partial charge in [0.2, 0.25) is 29.5 Å². The Morgan fingerprint density at radius 2 is 1.32 bits per heavy atom. The maximum absolute atomic E-state index is 13.9. The Labute approximate surface area is 310 Å². The van der Waals surface area contributed by atoms with Crippen LogP contribution in [0.3, 0.4) is 0 Å². The van der Waals surface area contributed by atoms with Gasteiger partial charge in [0.15, 0.2) is 0 Å². The second-order valence-corrected chi connectivity index (χ2v) is 14.9. The van der Waals surface area contributed by atoms with E-state index in [1.807, 2.05) is 44.2 Å². The number of phenolic OH excluding ortho intramolecular Hbond substituents is 1. The molecule has 2 heterocycles. The van der Waals surface area contributed by atoms with Crippen molar-refractivity contribution in [3.8, 4) is 5.75 Å². The number of aliphatic carboxylic acids is 1. The van der Waals surface area contributed by atoms with Crippen LogP contribution in [0.5, 0.6) is 5.75 Å².